The van der Waals surface area contributed by atoms with Gasteiger partial charge in [0.15, 0.2) is 5.12 Å². The lowest BCUT2D eigenvalue weighted by molar-refractivity contribution is -0.117. The summed E-state index contributed by atoms with van der Waals surface area (Å²) in [6.45, 7) is 1.94. The molecule has 1 aromatic carbocycles. The number of amides is 1. The molecule has 0 bridgehead atoms. The Balaban J connectivity index is 1.73. The van der Waals surface area contributed by atoms with Crippen LogP contribution in [0.2, 0.25) is 0 Å². The van der Waals surface area contributed by atoms with E-state index < -0.39 is 5.82 Å². The average Bonchev–Trinajstić information content (AvgIpc) is 3.11. The van der Waals surface area contributed by atoms with Gasteiger partial charge in [0.1, 0.15) is 5.82 Å². The predicted octanol–water partition coefficient (Wildman–Crippen LogP) is 2.51. The van der Waals surface area contributed by atoms with E-state index in [1.54, 1.807) is 12.1 Å². The molecular weight excluding hydrogens is 321 g/mol. The molecule has 1 amide bonds. The summed E-state index contributed by atoms with van der Waals surface area (Å²) in [5.41, 5.74) is 0.457. The number of carbonyl (C=O) groups excluding carboxylic acids is 2. The van der Waals surface area contributed by atoms with Crippen molar-refractivity contribution in [1.29, 1.82) is 0 Å². The van der Waals surface area contributed by atoms with Crippen LogP contribution in [0.1, 0.15) is 13.3 Å². The number of anilines is 1. The molecule has 0 N–H and O–H groups in total. The second-order valence-corrected chi connectivity index (χ2v) is 6.47. The van der Waals surface area contributed by atoms with Crippen molar-refractivity contribution in [3.63, 3.8) is 0 Å². The van der Waals surface area contributed by atoms with Gasteiger partial charge in [0.25, 0.3) is 0 Å². The van der Waals surface area contributed by atoms with Gasteiger partial charge in [-0.1, -0.05) is 22.9 Å². The Bertz CT molecular complexity index is 749. The summed E-state index contributed by atoms with van der Waals surface area (Å²) >= 11 is 1.21. The SMILES string of the molecule is CC(=O)SCC1CC(=O)N(c2nnc(-c3cccc(F)c3)o2)C1. The number of nitrogens with zero attached hydrogens (tertiary/aromatic N) is 3. The van der Waals surface area contributed by atoms with Crippen molar-refractivity contribution in [1.82, 2.24) is 10.2 Å². The first-order valence-electron chi connectivity index (χ1n) is 7.06. The molecule has 1 aliphatic heterocycles. The third-order valence-electron chi connectivity index (χ3n) is 3.44. The first-order valence-corrected chi connectivity index (χ1v) is 8.04. The molecule has 1 saturated heterocycles. The molecule has 1 fully saturated rings. The standard InChI is InChI=1S/C15H14FN3O3S/c1-9(20)23-8-10-5-13(21)19(7-10)15-18-17-14(22-15)11-3-2-4-12(16)6-11/h2-4,6,10H,5,7-8H2,1H3. The Kier molecular flexibility index (Phi) is 4.42. The van der Waals surface area contributed by atoms with Crippen molar-refractivity contribution >= 4 is 28.8 Å². The van der Waals surface area contributed by atoms with Crippen molar-refractivity contribution in [2.75, 3.05) is 17.2 Å². The van der Waals surface area contributed by atoms with Crippen LogP contribution in [0.25, 0.3) is 11.5 Å². The van der Waals surface area contributed by atoms with Crippen LogP contribution in [-0.2, 0) is 9.59 Å². The van der Waals surface area contributed by atoms with Gasteiger partial charge in [-0.15, -0.1) is 5.10 Å². The fourth-order valence-electron chi connectivity index (χ4n) is 2.38. The summed E-state index contributed by atoms with van der Waals surface area (Å²) in [5, 5.41) is 7.78. The highest BCUT2D eigenvalue weighted by molar-refractivity contribution is 8.13. The van der Waals surface area contributed by atoms with Gasteiger partial charge in [-0.3, -0.25) is 14.5 Å². The van der Waals surface area contributed by atoms with E-state index in [1.807, 2.05) is 0 Å². The minimum Gasteiger partial charge on any atom is -0.403 e. The van der Waals surface area contributed by atoms with Gasteiger partial charge in [-0.05, 0) is 24.1 Å². The van der Waals surface area contributed by atoms with Crippen LogP contribution in [0.4, 0.5) is 10.4 Å². The third-order valence-corrected chi connectivity index (χ3v) is 4.49. The number of hydrogen-bond donors (Lipinski definition) is 0. The third kappa shape index (κ3) is 3.58. The minimum absolute atomic E-state index is 0.0297. The van der Waals surface area contributed by atoms with Gasteiger partial charge in [0.2, 0.25) is 11.8 Å². The maximum Gasteiger partial charge on any atom is 0.325 e. The fourth-order valence-corrected chi connectivity index (χ4v) is 3.07. The summed E-state index contributed by atoms with van der Waals surface area (Å²) in [4.78, 5) is 24.5. The molecule has 1 aromatic heterocycles. The van der Waals surface area contributed by atoms with Crippen LogP contribution in [0.15, 0.2) is 28.7 Å². The van der Waals surface area contributed by atoms with Gasteiger partial charge in [0, 0.05) is 31.2 Å². The molecule has 0 saturated carbocycles. The summed E-state index contributed by atoms with van der Waals surface area (Å²) in [6.07, 6.45) is 0.345. The van der Waals surface area contributed by atoms with Gasteiger partial charge in [-0.25, -0.2) is 4.39 Å². The van der Waals surface area contributed by atoms with Crippen molar-refractivity contribution in [2.45, 2.75) is 13.3 Å². The maximum absolute atomic E-state index is 13.2. The normalized spacial score (nSPS) is 17.7. The van der Waals surface area contributed by atoms with Gasteiger partial charge in [0.05, 0.1) is 0 Å². The highest BCUT2D eigenvalue weighted by Crippen LogP contribution is 2.29. The van der Waals surface area contributed by atoms with E-state index in [2.05, 4.69) is 10.2 Å². The van der Waals surface area contributed by atoms with Crippen LogP contribution < -0.4 is 4.90 Å². The highest BCUT2D eigenvalue weighted by Gasteiger charge is 2.34. The molecule has 23 heavy (non-hydrogen) atoms. The number of rotatable bonds is 4. The van der Waals surface area contributed by atoms with E-state index in [1.165, 1.54) is 35.7 Å². The van der Waals surface area contributed by atoms with Crippen molar-refractivity contribution < 1.29 is 18.4 Å². The summed E-state index contributed by atoms with van der Waals surface area (Å²) < 4.78 is 18.7. The minimum atomic E-state index is -0.402. The molecule has 2 aromatic rings. The number of aromatic nitrogens is 2. The largest absolute Gasteiger partial charge is 0.403 e. The zero-order valence-electron chi connectivity index (χ0n) is 12.4. The molecule has 0 aliphatic carbocycles. The van der Waals surface area contributed by atoms with Gasteiger partial charge >= 0.3 is 6.01 Å². The van der Waals surface area contributed by atoms with Gasteiger partial charge in [-0.2, -0.15) is 0 Å². The second-order valence-electron chi connectivity index (χ2n) is 5.28. The van der Waals surface area contributed by atoms with Crippen molar-refractivity contribution in [2.24, 2.45) is 5.92 Å². The number of hydrogen-bond acceptors (Lipinski definition) is 6. The van der Waals surface area contributed by atoms with E-state index in [4.69, 9.17) is 4.42 Å². The van der Waals surface area contributed by atoms with Crippen LogP contribution in [-0.4, -0.2) is 33.5 Å². The zero-order valence-corrected chi connectivity index (χ0v) is 13.2. The lowest BCUT2D eigenvalue weighted by atomic mass is 10.1. The summed E-state index contributed by atoms with van der Waals surface area (Å²) in [7, 11) is 0. The molecule has 1 atom stereocenters. The molecule has 3 rings (SSSR count). The Morgan fingerprint density at radius 3 is 3.04 bits per heavy atom. The Hall–Kier alpha value is -2.22. The van der Waals surface area contributed by atoms with E-state index >= 15 is 0 Å². The zero-order chi connectivity index (χ0) is 16.4. The fraction of sp³-hybridized carbons (Fsp3) is 0.333. The molecule has 8 heteroatoms. The highest BCUT2D eigenvalue weighted by atomic mass is 32.2. The topological polar surface area (TPSA) is 76.3 Å². The van der Waals surface area contributed by atoms with Crippen molar-refractivity contribution in [3.8, 4) is 11.5 Å². The van der Waals surface area contributed by atoms with E-state index in [-0.39, 0.29) is 28.8 Å². The Labute approximate surface area is 136 Å². The smallest absolute Gasteiger partial charge is 0.325 e. The second kappa shape index (κ2) is 6.49. The molecule has 1 unspecified atom stereocenters. The number of thioether (sulfide) groups is 1. The van der Waals surface area contributed by atoms with Crippen LogP contribution >= 0.6 is 11.8 Å². The molecular formula is C15H14FN3O3S. The number of benzene rings is 1. The molecule has 2 heterocycles. The van der Waals surface area contributed by atoms with E-state index in [9.17, 15) is 14.0 Å². The maximum atomic E-state index is 13.2. The summed E-state index contributed by atoms with van der Waals surface area (Å²) in [5.74, 6) is 0.298. The predicted molar refractivity (Wildman–Crippen MR) is 83.3 cm³/mol. The molecule has 1 aliphatic rings. The first kappa shape index (κ1) is 15.7. The first-order chi connectivity index (χ1) is 11.0. The van der Waals surface area contributed by atoms with E-state index in [0.29, 0.717) is 24.3 Å². The molecule has 120 valence electrons. The van der Waals surface area contributed by atoms with Crippen LogP contribution in [0, 0.1) is 11.7 Å². The number of carbonyl (C=O) groups is 2. The molecule has 6 nitrogen and oxygen atoms in total. The van der Waals surface area contributed by atoms with Crippen LogP contribution in [0.5, 0.6) is 0 Å². The Morgan fingerprint density at radius 1 is 1.48 bits per heavy atom. The van der Waals surface area contributed by atoms with Gasteiger partial charge < -0.3 is 4.42 Å². The van der Waals surface area contributed by atoms with Crippen LogP contribution in [0.3, 0.4) is 0 Å². The quantitative estimate of drug-likeness (QED) is 0.854. The average molecular weight is 335 g/mol. The number of halogens is 1. The van der Waals surface area contributed by atoms with E-state index in [0.717, 1.165) is 0 Å². The molecule has 0 spiro atoms. The summed E-state index contributed by atoms with van der Waals surface area (Å²) in [6, 6.07) is 5.91. The lowest BCUT2D eigenvalue weighted by Crippen LogP contribution is -2.25. The monoisotopic (exact) mass is 335 g/mol. The van der Waals surface area contributed by atoms with Crippen molar-refractivity contribution in [3.05, 3.63) is 30.1 Å². The lowest BCUT2D eigenvalue weighted by Gasteiger charge is -2.10. The Morgan fingerprint density at radius 2 is 2.30 bits per heavy atom. The molecule has 0 radical (unpaired) electrons.